The van der Waals surface area contributed by atoms with Crippen molar-refractivity contribution in [3.63, 3.8) is 0 Å². The quantitative estimate of drug-likeness (QED) is 0.513. The highest BCUT2D eigenvalue weighted by atomic mass is 35.5. The van der Waals surface area contributed by atoms with Crippen LogP contribution in [0.4, 0.5) is 0 Å². The van der Waals surface area contributed by atoms with Crippen molar-refractivity contribution in [2.75, 3.05) is 0 Å². The second kappa shape index (κ2) is 2.92. The molecule has 1 saturated heterocycles. The van der Waals surface area contributed by atoms with Crippen LogP contribution in [0.3, 0.4) is 0 Å². The van der Waals surface area contributed by atoms with Gasteiger partial charge < -0.3 is 5.32 Å². The monoisotopic (exact) mass is 134 g/mol. The Bertz CT molecular complexity index is 92.4. The first-order valence-electron chi connectivity index (χ1n) is 2.63. The number of hydrogen-bond donors (Lipinski definition) is 2. The van der Waals surface area contributed by atoms with Crippen LogP contribution >= 0.6 is 12.4 Å². The zero-order valence-electron chi connectivity index (χ0n) is 4.90. The van der Waals surface area contributed by atoms with Gasteiger partial charge in [-0.2, -0.15) is 0 Å². The second-order valence-corrected chi connectivity index (χ2v) is 2.06. The van der Waals surface area contributed by atoms with Crippen LogP contribution in [0.15, 0.2) is 0 Å². The van der Waals surface area contributed by atoms with Crippen LogP contribution in [0.5, 0.6) is 0 Å². The fourth-order valence-corrected chi connectivity index (χ4v) is 0.803. The van der Waals surface area contributed by atoms with Crippen LogP contribution in [-0.2, 0) is 0 Å². The van der Waals surface area contributed by atoms with E-state index in [1.807, 2.05) is 0 Å². The SMILES string of the molecule is CC1CCC(=N)N1.Cl. The lowest BCUT2D eigenvalue weighted by Gasteiger charge is -1.97. The molecule has 0 aromatic heterocycles. The highest BCUT2D eigenvalue weighted by molar-refractivity contribution is 5.85. The van der Waals surface area contributed by atoms with Crippen LogP contribution in [0.1, 0.15) is 19.8 Å². The first kappa shape index (κ1) is 7.76. The summed E-state index contributed by atoms with van der Waals surface area (Å²) < 4.78 is 0. The highest BCUT2D eigenvalue weighted by Crippen LogP contribution is 2.03. The molecule has 1 aliphatic heterocycles. The summed E-state index contributed by atoms with van der Waals surface area (Å²) >= 11 is 0. The predicted molar refractivity (Wildman–Crippen MR) is 36.8 cm³/mol. The van der Waals surface area contributed by atoms with Gasteiger partial charge in [0.05, 0.1) is 5.84 Å². The lowest BCUT2D eigenvalue weighted by Crippen LogP contribution is -2.20. The van der Waals surface area contributed by atoms with E-state index in [9.17, 15) is 0 Å². The molecule has 0 aromatic rings. The third-order valence-electron chi connectivity index (χ3n) is 1.25. The van der Waals surface area contributed by atoms with Gasteiger partial charge in [0, 0.05) is 12.5 Å². The maximum Gasteiger partial charge on any atom is 0.0934 e. The Morgan fingerprint density at radius 2 is 2.38 bits per heavy atom. The third-order valence-corrected chi connectivity index (χ3v) is 1.25. The minimum absolute atomic E-state index is 0. The van der Waals surface area contributed by atoms with E-state index in [1.165, 1.54) is 0 Å². The Hall–Kier alpha value is -0.240. The fourth-order valence-electron chi connectivity index (χ4n) is 0.803. The van der Waals surface area contributed by atoms with Crippen LogP contribution in [0.2, 0.25) is 0 Å². The van der Waals surface area contributed by atoms with E-state index in [4.69, 9.17) is 5.41 Å². The van der Waals surface area contributed by atoms with Gasteiger partial charge in [-0.3, -0.25) is 5.41 Å². The Morgan fingerprint density at radius 1 is 1.75 bits per heavy atom. The van der Waals surface area contributed by atoms with Gasteiger partial charge in [-0.25, -0.2) is 0 Å². The highest BCUT2D eigenvalue weighted by Gasteiger charge is 2.11. The molecule has 1 fully saturated rings. The summed E-state index contributed by atoms with van der Waals surface area (Å²) in [5, 5.41) is 10.1. The van der Waals surface area contributed by atoms with E-state index in [0.29, 0.717) is 11.9 Å². The number of hydrogen-bond acceptors (Lipinski definition) is 1. The molecular formula is C5H11ClN2. The van der Waals surface area contributed by atoms with Crippen LogP contribution in [0.25, 0.3) is 0 Å². The van der Waals surface area contributed by atoms with E-state index in [1.54, 1.807) is 0 Å². The van der Waals surface area contributed by atoms with E-state index in [0.717, 1.165) is 12.8 Å². The van der Waals surface area contributed by atoms with E-state index in [-0.39, 0.29) is 12.4 Å². The summed E-state index contributed by atoms with van der Waals surface area (Å²) in [6.45, 7) is 2.10. The summed E-state index contributed by atoms with van der Waals surface area (Å²) in [5.74, 6) is 0.701. The lowest BCUT2D eigenvalue weighted by atomic mass is 10.3. The molecular weight excluding hydrogens is 124 g/mol. The summed E-state index contributed by atoms with van der Waals surface area (Å²) in [6, 6.07) is 0.549. The molecule has 1 aliphatic rings. The molecule has 1 atom stereocenters. The minimum Gasteiger partial charge on any atom is -0.372 e. The molecule has 0 radical (unpaired) electrons. The molecule has 0 aromatic carbocycles. The van der Waals surface area contributed by atoms with E-state index in [2.05, 4.69) is 12.2 Å². The van der Waals surface area contributed by atoms with Crippen molar-refractivity contribution < 1.29 is 0 Å². The van der Waals surface area contributed by atoms with Gasteiger partial charge in [0.2, 0.25) is 0 Å². The van der Waals surface area contributed by atoms with E-state index < -0.39 is 0 Å². The number of halogens is 1. The van der Waals surface area contributed by atoms with Gasteiger partial charge in [0.15, 0.2) is 0 Å². The van der Waals surface area contributed by atoms with Crippen LogP contribution in [-0.4, -0.2) is 11.9 Å². The normalized spacial score (nSPS) is 26.6. The average Bonchev–Trinajstić information content (AvgIpc) is 1.87. The Balaban J connectivity index is 0.000000490. The number of nitrogens with one attached hydrogen (secondary N) is 2. The van der Waals surface area contributed by atoms with Gasteiger partial charge >= 0.3 is 0 Å². The number of rotatable bonds is 0. The van der Waals surface area contributed by atoms with Gasteiger partial charge in [-0.15, -0.1) is 12.4 Å². The van der Waals surface area contributed by atoms with Crippen molar-refractivity contribution in [2.45, 2.75) is 25.8 Å². The summed E-state index contributed by atoms with van der Waals surface area (Å²) in [4.78, 5) is 0. The summed E-state index contributed by atoms with van der Waals surface area (Å²) in [5.41, 5.74) is 0. The first-order chi connectivity index (χ1) is 3.29. The number of amidine groups is 1. The topological polar surface area (TPSA) is 35.9 Å². The Morgan fingerprint density at radius 3 is 2.50 bits per heavy atom. The molecule has 0 aliphatic carbocycles. The largest absolute Gasteiger partial charge is 0.372 e. The van der Waals surface area contributed by atoms with Crippen LogP contribution in [0, 0.1) is 5.41 Å². The molecule has 0 bridgehead atoms. The molecule has 1 unspecified atom stereocenters. The van der Waals surface area contributed by atoms with Crippen molar-refractivity contribution in [3.05, 3.63) is 0 Å². The minimum atomic E-state index is 0. The summed E-state index contributed by atoms with van der Waals surface area (Å²) in [7, 11) is 0. The maximum absolute atomic E-state index is 7.07. The molecule has 0 saturated carbocycles. The van der Waals surface area contributed by atoms with Crippen molar-refractivity contribution >= 4 is 18.2 Å². The van der Waals surface area contributed by atoms with Crippen LogP contribution < -0.4 is 5.32 Å². The lowest BCUT2D eigenvalue weighted by molar-refractivity contribution is 0.691. The standard InChI is InChI=1S/C5H10N2.ClH/c1-4-2-3-5(6)7-4;/h4H,2-3H2,1H3,(H2,6,7);1H. The Labute approximate surface area is 55.6 Å². The first-order valence-corrected chi connectivity index (χ1v) is 2.63. The Kier molecular flexibility index (Phi) is 2.84. The smallest absolute Gasteiger partial charge is 0.0934 e. The van der Waals surface area contributed by atoms with E-state index >= 15 is 0 Å². The molecule has 0 spiro atoms. The molecule has 2 nitrogen and oxygen atoms in total. The van der Waals surface area contributed by atoms with Crippen molar-refractivity contribution in [1.29, 1.82) is 5.41 Å². The maximum atomic E-state index is 7.07. The second-order valence-electron chi connectivity index (χ2n) is 2.06. The molecule has 3 heteroatoms. The molecule has 0 amide bonds. The van der Waals surface area contributed by atoms with Crippen molar-refractivity contribution in [1.82, 2.24) is 5.32 Å². The summed E-state index contributed by atoms with van der Waals surface area (Å²) in [6.07, 6.45) is 2.08. The van der Waals surface area contributed by atoms with Gasteiger partial charge in [0.25, 0.3) is 0 Å². The molecule has 8 heavy (non-hydrogen) atoms. The molecule has 1 heterocycles. The molecule has 2 N–H and O–H groups in total. The average molecular weight is 135 g/mol. The molecule has 48 valence electrons. The van der Waals surface area contributed by atoms with Crippen molar-refractivity contribution in [3.8, 4) is 0 Å². The zero-order chi connectivity index (χ0) is 5.28. The molecule has 1 rings (SSSR count). The zero-order valence-corrected chi connectivity index (χ0v) is 5.72. The van der Waals surface area contributed by atoms with Gasteiger partial charge in [-0.1, -0.05) is 0 Å². The van der Waals surface area contributed by atoms with Crippen molar-refractivity contribution in [2.24, 2.45) is 0 Å². The van der Waals surface area contributed by atoms with Gasteiger partial charge in [0.1, 0.15) is 0 Å². The predicted octanol–water partition coefficient (Wildman–Crippen LogP) is 1.16. The third kappa shape index (κ3) is 1.70. The fraction of sp³-hybridized carbons (Fsp3) is 0.800. The van der Waals surface area contributed by atoms with Gasteiger partial charge in [-0.05, 0) is 13.3 Å².